The Morgan fingerprint density at radius 1 is 0.293 bits per heavy atom. The Morgan fingerprint density at radius 2 is 0.493 bits per heavy atom. The maximum absolute atomic E-state index is 7.84. The molecule has 0 aromatic heterocycles. The lowest BCUT2D eigenvalue weighted by Crippen LogP contribution is -2.93. The fraction of sp³-hybridized carbons (Fsp3) is 1.00. The highest BCUT2D eigenvalue weighted by molar-refractivity contribution is 7.04. The van der Waals surface area contributed by atoms with Gasteiger partial charge in [0.15, 0.2) is 66.5 Å². The molecule has 7 saturated heterocycles. The van der Waals surface area contributed by atoms with Crippen molar-refractivity contribution in [1.29, 1.82) is 0 Å². The second kappa shape index (κ2) is 22.2. The molecule has 438 valence electrons. The lowest BCUT2D eigenvalue weighted by atomic mass is 9.88. The van der Waals surface area contributed by atoms with Crippen molar-refractivity contribution in [2.24, 2.45) is 5.92 Å². The third-order valence-corrected chi connectivity index (χ3v) is 78.5. The molecular formula is C38H96O21Si16. The lowest BCUT2D eigenvalue weighted by molar-refractivity contribution is -0.129. The summed E-state index contributed by atoms with van der Waals surface area (Å²) in [5, 5.41) is 0. The second-order valence-corrected chi connectivity index (χ2v) is 84.0. The van der Waals surface area contributed by atoms with E-state index in [1.807, 2.05) is 0 Å². The molecule has 1 saturated carbocycles. The number of fused-ring (bicyclic) bond motifs is 1. The zero-order chi connectivity index (χ0) is 56.1. The van der Waals surface area contributed by atoms with Crippen LogP contribution in [0.4, 0.5) is 0 Å². The average molecular weight is 1340 g/mol. The van der Waals surface area contributed by atoms with Gasteiger partial charge in [-0.15, -0.1) is 0 Å². The molecular weight excluding hydrogens is 1240 g/mol. The summed E-state index contributed by atoms with van der Waals surface area (Å²) in [5.74, 6) is 0.452. The van der Waals surface area contributed by atoms with E-state index in [9.17, 15) is 0 Å². The van der Waals surface area contributed by atoms with Crippen LogP contribution in [0.25, 0.3) is 0 Å². The summed E-state index contributed by atoms with van der Waals surface area (Å²) < 4.78 is 160. The summed E-state index contributed by atoms with van der Waals surface area (Å²) in [6.07, 6.45) is 4.74. The zero-order valence-corrected chi connectivity index (χ0v) is 65.8. The minimum Gasteiger partial charge on any atom is -0.395 e. The van der Waals surface area contributed by atoms with Gasteiger partial charge in [-0.25, -0.2) is 0 Å². The van der Waals surface area contributed by atoms with Crippen LogP contribution >= 0.6 is 0 Å². The van der Waals surface area contributed by atoms with Crippen LogP contribution in [-0.2, 0) is 87.0 Å². The van der Waals surface area contributed by atoms with E-state index in [-0.39, 0.29) is 0 Å². The van der Waals surface area contributed by atoms with Gasteiger partial charge in [-0.1, -0.05) is 54.9 Å². The molecule has 8 fully saturated rings. The highest BCUT2D eigenvalue weighted by atomic mass is 28.7. The molecule has 8 bridgehead atoms. The SMILES string of the molecule is CC[Si](C)(C)O[Si]12O[Si]3(O[Si](C)(C)CC)O[Si]4(O[Si](C)(C)CC)O[Si](O[Si](C)(C)CC)(O1)O[Si]1(O[Si](C)(C)CC)O[Si](O[Si](C)(C)CC)(O2)O[Si](O[Si](C)(C)CC)(O3)O[Si](O[Si](C)(C)CCC2CCC3OC3C2)(O4)O1. The Kier molecular flexibility index (Phi) is 19.3. The van der Waals surface area contributed by atoms with E-state index >= 15 is 0 Å². The van der Waals surface area contributed by atoms with Crippen molar-refractivity contribution >= 4 is 139 Å². The Bertz CT molecular complexity index is 1840. The van der Waals surface area contributed by atoms with Gasteiger partial charge in [0.05, 0.1) is 12.2 Å². The Balaban J connectivity index is 1.65. The van der Waals surface area contributed by atoms with Crippen molar-refractivity contribution in [2.45, 2.75) is 239 Å². The minimum atomic E-state index is -5.18. The van der Waals surface area contributed by atoms with E-state index in [0.29, 0.717) is 66.5 Å². The molecule has 0 radical (unpaired) electrons. The van der Waals surface area contributed by atoms with Crippen molar-refractivity contribution in [1.82, 2.24) is 0 Å². The summed E-state index contributed by atoms with van der Waals surface area (Å²) in [7, 11) is -64.7. The summed E-state index contributed by atoms with van der Waals surface area (Å²) in [4.78, 5) is 0. The van der Waals surface area contributed by atoms with E-state index in [1.165, 1.54) is 0 Å². The summed E-state index contributed by atoms with van der Waals surface area (Å²) in [5.41, 5.74) is 0. The number of hydrogen-bond acceptors (Lipinski definition) is 21. The highest BCUT2D eigenvalue weighted by Gasteiger charge is 2.92. The van der Waals surface area contributed by atoms with Crippen LogP contribution < -0.4 is 0 Å². The number of hydrogen-bond donors (Lipinski definition) is 0. The molecule has 0 amide bonds. The van der Waals surface area contributed by atoms with Crippen LogP contribution in [-0.4, -0.2) is 151 Å². The molecule has 75 heavy (non-hydrogen) atoms. The van der Waals surface area contributed by atoms with E-state index in [2.05, 4.69) is 153 Å². The molecule has 7 aliphatic heterocycles. The third kappa shape index (κ3) is 15.7. The van der Waals surface area contributed by atoms with Gasteiger partial charge in [0.2, 0.25) is 0 Å². The van der Waals surface area contributed by atoms with Crippen molar-refractivity contribution in [3.63, 3.8) is 0 Å². The van der Waals surface area contributed by atoms with Gasteiger partial charge in [-0.05, 0) is 178 Å². The molecule has 7 heterocycles. The Hall–Kier alpha value is 2.63. The van der Waals surface area contributed by atoms with Gasteiger partial charge in [-0.3, -0.25) is 0 Å². The van der Waals surface area contributed by atoms with E-state index in [0.717, 1.165) is 25.7 Å². The van der Waals surface area contributed by atoms with E-state index < -0.39 is 139 Å². The molecule has 21 nitrogen and oxygen atoms in total. The molecule has 1 aliphatic carbocycles. The van der Waals surface area contributed by atoms with Crippen molar-refractivity contribution in [2.75, 3.05) is 0 Å². The fourth-order valence-corrected chi connectivity index (χ4v) is 76.3. The van der Waals surface area contributed by atoms with Crippen LogP contribution in [0.15, 0.2) is 0 Å². The molecule has 0 spiro atoms. The van der Waals surface area contributed by atoms with Gasteiger partial charge in [0.1, 0.15) is 0 Å². The van der Waals surface area contributed by atoms with Crippen molar-refractivity contribution < 1.29 is 87.0 Å². The quantitative estimate of drug-likeness (QED) is 0.0585. The smallest absolute Gasteiger partial charge is 0.395 e. The van der Waals surface area contributed by atoms with Crippen molar-refractivity contribution in [3.8, 4) is 0 Å². The van der Waals surface area contributed by atoms with Crippen LogP contribution in [0.3, 0.4) is 0 Å². The Morgan fingerprint density at radius 3 is 0.680 bits per heavy atom. The monoisotopic (exact) mass is 1340 g/mol. The molecule has 3 atom stereocenters. The van der Waals surface area contributed by atoms with Gasteiger partial charge < -0.3 is 87.0 Å². The van der Waals surface area contributed by atoms with Crippen molar-refractivity contribution in [3.05, 3.63) is 0 Å². The molecule has 37 heteroatoms. The molecule has 8 rings (SSSR count). The molecule has 0 aromatic rings. The maximum Gasteiger partial charge on any atom is 0.651 e. The highest BCUT2D eigenvalue weighted by Crippen LogP contribution is 2.54. The molecule has 0 N–H and O–H groups in total. The normalized spacial score (nSPS) is 38.7. The first-order valence-electron chi connectivity index (χ1n) is 27.8. The first-order valence-corrected chi connectivity index (χ1v) is 65.8. The lowest BCUT2D eigenvalue weighted by Gasteiger charge is -2.61. The molecule has 3 unspecified atom stereocenters. The minimum absolute atomic E-state index is 0.322. The fourth-order valence-electron chi connectivity index (χ4n) is 8.40. The predicted molar refractivity (Wildman–Crippen MR) is 316 cm³/mol. The number of ether oxygens (including phenoxy) is 1. The summed E-state index contributed by atoms with van der Waals surface area (Å²) >= 11 is 0. The second-order valence-electron chi connectivity index (χ2n) is 26.0. The van der Waals surface area contributed by atoms with Crippen LogP contribution in [0.1, 0.15) is 74.1 Å². The van der Waals surface area contributed by atoms with E-state index in [4.69, 9.17) is 87.0 Å². The van der Waals surface area contributed by atoms with Crippen LogP contribution in [0, 0.1) is 5.92 Å². The zero-order valence-electron chi connectivity index (χ0n) is 49.8. The van der Waals surface area contributed by atoms with Crippen LogP contribution in [0.2, 0.25) is 153 Å². The average Bonchev–Trinajstić information content (AvgIpc) is 4.01. The molecule has 0 aromatic carbocycles. The standard InChI is InChI=1S/C38H96O21Si16/c1-24-60(8,9)40-68-48-69(41-61(10,11)25-2)51-72(44-64(16,17)28-5)53-70(49-68,42-62(12,13)26-3)55-74(46-66(20,21)30-7)56-71(50-68,43-63(14,15)27-4)54-73(52-69,45-65(18,19)29-6)58-75(57-72,59-74)47-67(22,23)34-33-36-31-32-37-38(35-36)39-37/h36-38H,24-35H2,1-23H3. The number of rotatable bonds is 26. The molecule has 8 aliphatic rings. The topological polar surface area (TPSA) is 197 Å². The van der Waals surface area contributed by atoms with Gasteiger partial charge >= 0.3 is 72.4 Å². The predicted octanol–water partition coefficient (Wildman–Crippen LogP) is 10.6. The Labute approximate surface area is 468 Å². The first kappa shape index (κ1) is 65.2. The van der Waals surface area contributed by atoms with Gasteiger partial charge in [-0.2, -0.15) is 0 Å². The van der Waals surface area contributed by atoms with Gasteiger partial charge in [0.25, 0.3) is 0 Å². The summed E-state index contributed by atoms with van der Waals surface area (Å²) in [6, 6.07) is 4.93. The maximum atomic E-state index is 7.84. The van der Waals surface area contributed by atoms with Crippen LogP contribution in [0.5, 0.6) is 0 Å². The third-order valence-electron chi connectivity index (χ3n) is 15.4. The van der Waals surface area contributed by atoms with E-state index in [1.54, 1.807) is 0 Å². The summed E-state index contributed by atoms with van der Waals surface area (Å²) in [6.45, 7) is 47.6. The van der Waals surface area contributed by atoms with Gasteiger partial charge in [0, 0.05) is 0 Å². The first-order chi connectivity index (χ1) is 34.1. The number of epoxide rings is 1. The largest absolute Gasteiger partial charge is 0.651 e.